The van der Waals surface area contributed by atoms with Crippen LogP contribution in [0.4, 0.5) is 0 Å². The molecule has 1 N–H and O–H groups in total. The Morgan fingerprint density at radius 3 is 2.43 bits per heavy atom. The first-order valence-corrected chi connectivity index (χ1v) is 5.21. The Balaban J connectivity index is 2.42. The Bertz CT molecular complexity index is 409. The smallest absolute Gasteiger partial charge is 0.231 e. The molecule has 2 rings (SSSR count). The molecular formula is C9H10N2O2S. The molecule has 1 heterocycles. The third kappa shape index (κ3) is 1.83. The van der Waals surface area contributed by atoms with Gasteiger partial charge in [-0.15, -0.1) is 4.40 Å². The van der Waals surface area contributed by atoms with Crippen molar-refractivity contribution in [3.05, 3.63) is 34.9 Å². The Hall–Kier alpha value is -1.20. The zero-order valence-corrected chi connectivity index (χ0v) is 8.72. The minimum absolute atomic E-state index is 0.523. The number of aryl methyl sites for hydroxylation is 2. The van der Waals surface area contributed by atoms with Gasteiger partial charge in [-0.05, 0) is 26.0 Å². The first-order chi connectivity index (χ1) is 6.65. The second kappa shape index (κ2) is 3.51. The Labute approximate surface area is 84.8 Å². The van der Waals surface area contributed by atoms with E-state index >= 15 is 0 Å². The van der Waals surface area contributed by atoms with Gasteiger partial charge in [-0.1, -0.05) is 17.2 Å². The highest BCUT2D eigenvalue weighted by Crippen LogP contribution is 2.11. The quantitative estimate of drug-likeness (QED) is 0.756. The van der Waals surface area contributed by atoms with Gasteiger partial charge in [0.25, 0.3) is 0 Å². The number of nitrogens with zero attached hydrogens (tertiary/aromatic N) is 1. The molecule has 0 bridgehead atoms. The van der Waals surface area contributed by atoms with Crippen LogP contribution in [0.5, 0.6) is 0 Å². The van der Waals surface area contributed by atoms with Gasteiger partial charge in [0.15, 0.2) is 5.84 Å². The standard InChI is InChI=1S/C9H10N2O2S/c1-6-3-7(2)5-8(4-6)9-10-13-14(12)11-9/h3-5H,1-2H3,(H,10,11). The van der Waals surface area contributed by atoms with Crippen LogP contribution in [0, 0.1) is 13.8 Å². The largest absolute Gasteiger partial charge is 0.309 e. The van der Waals surface area contributed by atoms with Gasteiger partial charge >= 0.3 is 11.3 Å². The molecule has 74 valence electrons. The Kier molecular flexibility index (Phi) is 2.35. The molecule has 1 unspecified atom stereocenters. The summed E-state index contributed by atoms with van der Waals surface area (Å²) in [5, 5.41) is 0. The van der Waals surface area contributed by atoms with Crippen molar-refractivity contribution in [3.63, 3.8) is 0 Å². The van der Waals surface area contributed by atoms with E-state index in [2.05, 4.69) is 20.2 Å². The molecule has 0 amide bonds. The first-order valence-electron chi connectivity index (χ1n) is 4.18. The summed E-state index contributed by atoms with van der Waals surface area (Å²) in [6.07, 6.45) is 0. The van der Waals surface area contributed by atoms with Crippen LogP contribution in [0.2, 0.25) is 0 Å². The number of rotatable bonds is 1. The lowest BCUT2D eigenvalue weighted by Crippen LogP contribution is -2.17. The molecule has 1 aliphatic rings. The Morgan fingerprint density at radius 2 is 1.93 bits per heavy atom. The fraction of sp³-hybridized carbons (Fsp3) is 0.222. The van der Waals surface area contributed by atoms with E-state index in [-0.39, 0.29) is 0 Å². The Morgan fingerprint density at radius 1 is 1.29 bits per heavy atom. The van der Waals surface area contributed by atoms with Gasteiger partial charge < -0.3 is 0 Å². The zero-order chi connectivity index (χ0) is 10.1. The molecule has 0 radical (unpaired) electrons. The highest BCUT2D eigenvalue weighted by Gasteiger charge is 2.15. The summed E-state index contributed by atoms with van der Waals surface area (Å²) in [5.74, 6) is 0.523. The van der Waals surface area contributed by atoms with Crippen LogP contribution < -0.4 is 5.48 Å². The van der Waals surface area contributed by atoms with Crippen LogP contribution in [0.15, 0.2) is 22.6 Å². The number of hydroxylamine groups is 1. The van der Waals surface area contributed by atoms with E-state index in [1.807, 2.05) is 26.0 Å². The SMILES string of the molecule is Cc1cc(C)cc(C2=NS(=O)ON2)c1. The first kappa shape index (κ1) is 9.36. The van der Waals surface area contributed by atoms with Gasteiger partial charge in [-0.2, -0.15) is 4.28 Å². The molecule has 0 spiro atoms. The van der Waals surface area contributed by atoms with Crippen LogP contribution >= 0.6 is 0 Å². The van der Waals surface area contributed by atoms with Crippen molar-refractivity contribution in [3.8, 4) is 0 Å². The van der Waals surface area contributed by atoms with Crippen molar-refractivity contribution in [1.82, 2.24) is 5.48 Å². The molecule has 0 saturated heterocycles. The minimum Gasteiger partial charge on any atom is -0.231 e. The molecule has 0 saturated carbocycles. The van der Waals surface area contributed by atoms with Crippen molar-refractivity contribution in [1.29, 1.82) is 0 Å². The van der Waals surface area contributed by atoms with Gasteiger partial charge in [-0.3, -0.25) is 0 Å². The van der Waals surface area contributed by atoms with E-state index in [0.29, 0.717) is 5.84 Å². The monoisotopic (exact) mass is 210 g/mol. The normalized spacial score (nSPS) is 20.4. The van der Waals surface area contributed by atoms with Crippen molar-refractivity contribution in [2.24, 2.45) is 4.40 Å². The molecule has 1 aromatic rings. The van der Waals surface area contributed by atoms with Crippen LogP contribution in [0.1, 0.15) is 16.7 Å². The number of nitrogens with one attached hydrogen (secondary N) is 1. The lowest BCUT2D eigenvalue weighted by atomic mass is 10.1. The second-order valence-corrected chi connectivity index (χ2v) is 4.00. The maximum atomic E-state index is 10.8. The van der Waals surface area contributed by atoms with E-state index in [1.54, 1.807) is 0 Å². The van der Waals surface area contributed by atoms with Crippen molar-refractivity contribution < 1.29 is 8.49 Å². The topological polar surface area (TPSA) is 50.7 Å². The lowest BCUT2D eigenvalue weighted by molar-refractivity contribution is 0.306. The van der Waals surface area contributed by atoms with E-state index < -0.39 is 11.3 Å². The fourth-order valence-corrected chi connectivity index (χ4v) is 1.89. The van der Waals surface area contributed by atoms with E-state index in [1.165, 1.54) is 0 Å². The summed E-state index contributed by atoms with van der Waals surface area (Å²) in [4.78, 5) is 0. The predicted molar refractivity (Wildman–Crippen MR) is 54.8 cm³/mol. The third-order valence-corrected chi connectivity index (χ3v) is 2.43. The average Bonchev–Trinajstić information content (AvgIpc) is 2.50. The summed E-state index contributed by atoms with van der Waals surface area (Å²) in [7, 11) is 0. The molecular weight excluding hydrogens is 200 g/mol. The van der Waals surface area contributed by atoms with Gasteiger partial charge in [0.2, 0.25) is 0 Å². The summed E-state index contributed by atoms with van der Waals surface area (Å²) >= 11 is -1.59. The second-order valence-electron chi connectivity index (χ2n) is 3.22. The van der Waals surface area contributed by atoms with E-state index in [0.717, 1.165) is 16.7 Å². The molecule has 0 fully saturated rings. The third-order valence-electron chi connectivity index (χ3n) is 1.87. The lowest BCUT2D eigenvalue weighted by Gasteiger charge is -2.03. The van der Waals surface area contributed by atoms with Gasteiger partial charge in [0.1, 0.15) is 0 Å². The summed E-state index contributed by atoms with van der Waals surface area (Å²) in [5.41, 5.74) is 5.71. The van der Waals surface area contributed by atoms with Crippen LogP contribution in [0.3, 0.4) is 0 Å². The predicted octanol–water partition coefficient (Wildman–Crippen LogP) is 1.16. The molecule has 14 heavy (non-hydrogen) atoms. The van der Waals surface area contributed by atoms with Crippen molar-refractivity contribution in [2.45, 2.75) is 13.8 Å². The summed E-state index contributed by atoms with van der Waals surface area (Å²) in [6.45, 7) is 4.01. The molecule has 1 aromatic carbocycles. The average molecular weight is 210 g/mol. The molecule has 1 aliphatic heterocycles. The minimum atomic E-state index is -1.59. The highest BCUT2D eigenvalue weighted by atomic mass is 32.2. The van der Waals surface area contributed by atoms with Crippen LogP contribution in [0.25, 0.3) is 0 Å². The molecule has 4 nitrogen and oxygen atoms in total. The summed E-state index contributed by atoms with van der Waals surface area (Å²) in [6, 6.07) is 5.99. The molecule has 0 aromatic heterocycles. The maximum absolute atomic E-state index is 10.8. The number of hydrogen-bond acceptors (Lipinski definition) is 3. The molecule has 5 heteroatoms. The van der Waals surface area contributed by atoms with Gasteiger partial charge in [0.05, 0.1) is 0 Å². The number of hydrogen-bond donors (Lipinski definition) is 1. The van der Waals surface area contributed by atoms with Crippen LogP contribution in [-0.2, 0) is 15.6 Å². The number of amidine groups is 1. The highest BCUT2D eigenvalue weighted by molar-refractivity contribution is 7.79. The molecule has 0 aliphatic carbocycles. The maximum Gasteiger partial charge on any atom is 0.309 e. The van der Waals surface area contributed by atoms with Crippen LogP contribution in [-0.4, -0.2) is 10.0 Å². The fourth-order valence-electron chi connectivity index (χ4n) is 1.41. The zero-order valence-electron chi connectivity index (χ0n) is 7.90. The summed E-state index contributed by atoms with van der Waals surface area (Å²) < 4.78 is 19.3. The van der Waals surface area contributed by atoms with Gasteiger partial charge in [0, 0.05) is 5.56 Å². The van der Waals surface area contributed by atoms with E-state index in [9.17, 15) is 4.21 Å². The number of benzene rings is 1. The van der Waals surface area contributed by atoms with E-state index in [4.69, 9.17) is 0 Å². The molecule has 1 atom stereocenters. The van der Waals surface area contributed by atoms with Crippen molar-refractivity contribution in [2.75, 3.05) is 0 Å². The van der Waals surface area contributed by atoms with Crippen molar-refractivity contribution >= 4 is 17.1 Å². The van der Waals surface area contributed by atoms with Gasteiger partial charge in [-0.25, -0.2) is 9.69 Å².